The minimum atomic E-state index is -0.812. The molecule has 0 spiro atoms. The molecule has 0 atom stereocenters. The maximum atomic E-state index is 12.2. The summed E-state index contributed by atoms with van der Waals surface area (Å²) in [5, 5.41) is 16.2. The van der Waals surface area contributed by atoms with Gasteiger partial charge in [-0.05, 0) is 50.1 Å². The zero-order chi connectivity index (χ0) is 18.6. The molecule has 5 nitrogen and oxygen atoms in total. The molecule has 0 aliphatic carbocycles. The number of hydrogen-bond donors (Lipinski definition) is 3. The van der Waals surface area contributed by atoms with Gasteiger partial charge in [-0.25, -0.2) is 4.79 Å². The van der Waals surface area contributed by atoms with Crippen molar-refractivity contribution in [1.29, 1.82) is 0 Å². The van der Waals surface area contributed by atoms with Crippen molar-refractivity contribution >= 4 is 11.7 Å². The first kappa shape index (κ1) is 18.4. The Balaban J connectivity index is 1.57. The molecule has 0 bridgehead atoms. The second kappa shape index (κ2) is 7.89. The quantitative estimate of drug-likeness (QED) is 0.791. The van der Waals surface area contributed by atoms with Crippen molar-refractivity contribution in [2.45, 2.75) is 25.4 Å². The van der Waals surface area contributed by atoms with Crippen LogP contribution in [0.4, 0.5) is 10.5 Å². The van der Waals surface area contributed by atoms with Gasteiger partial charge in [0.1, 0.15) is 0 Å². The lowest BCUT2D eigenvalue weighted by Crippen LogP contribution is -2.50. The summed E-state index contributed by atoms with van der Waals surface area (Å²) in [7, 11) is 2.04. The van der Waals surface area contributed by atoms with E-state index in [1.165, 1.54) is 5.56 Å². The summed E-state index contributed by atoms with van der Waals surface area (Å²) in [6.45, 7) is 4.02. The predicted molar refractivity (Wildman–Crippen MR) is 105 cm³/mol. The van der Waals surface area contributed by atoms with Crippen LogP contribution in [0.2, 0.25) is 0 Å². The zero-order valence-corrected chi connectivity index (χ0v) is 15.5. The highest BCUT2D eigenvalue weighted by Gasteiger charge is 2.31. The van der Waals surface area contributed by atoms with Crippen LogP contribution in [0.1, 0.15) is 18.4 Å². The van der Waals surface area contributed by atoms with Crippen molar-refractivity contribution in [2.75, 3.05) is 32.0 Å². The molecular formula is C21H27N3O2. The first-order chi connectivity index (χ1) is 12.4. The van der Waals surface area contributed by atoms with E-state index in [9.17, 15) is 9.90 Å². The molecule has 0 aromatic heterocycles. The molecule has 2 aromatic carbocycles. The largest absolute Gasteiger partial charge is 0.388 e. The number of anilines is 1. The van der Waals surface area contributed by atoms with E-state index in [0.29, 0.717) is 12.8 Å². The number of rotatable bonds is 4. The van der Waals surface area contributed by atoms with Crippen molar-refractivity contribution in [1.82, 2.24) is 10.2 Å². The van der Waals surface area contributed by atoms with Crippen LogP contribution < -0.4 is 10.6 Å². The number of aliphatic hydroxyl groups is 1. The van der Waals surface area contributed by atoms with Crippen molar-refractivity contribution in [3.8, 4) is 11.1 Å². The maximum Gasteiger partial charge on any atom is 0.319 e. The summed E-state index contributed by atoms with van der Waals surface area (Å²) in [5.74, 6) is 0. The maximum absolute atomic E-state index is 12.2. The molecule has 138 valence electrons. The molecule has 0 radical (unpaired) electrons. The second-order valence-electron chi connectivity index (χ2n) is 7.28. The Morgan fingerprint density at radius 1 is 1.12 bits per heavy atom. The van der Waals surface area contributed by atoms with E-state index < -0.39 is 5.60 Å². The Labute approximate surface area is 155 Å². The zero-order valence-electron chi connectivity index (χ0n) is 15.5. The highest BCUT2D eigenvalue weighted by atomic mass is 16.3. The lowest BCUT2D eigenvalue weighted by atomic mass is 9.92. The second-order valence-corrected chi connectivity index (χ2v) is 7.28. The Morgan fingerprint density at radius 3 is 2.50 bits per heavy atom. The van der Waals surface area contributed by atoms with Gasteiger partial charge in [-0.2, -0.15) is 0 Å². The number of nitrogens with one attached hydrogen (secondary N) is 2. The van der Waals surface area contributed by atoms with Crippen molar-refractivity contribution < 1.29 is 9.90 Å². The van der Waals surface area contributed by atoms with Gasteiger partial charge in [0.25, 0.3) is 0 Å². The number of nitrogens with zero attached hydrogens (tertiary/aromatic N) is 1. The van der Waals surface area contributed by atoms with Crippen LogP contribution in [0.5, 0.6) is 0 Å². The third-order valence-electron chi connectivity index (χ3n) is 5.00. The molecule has 3 rings (SSSR count). The molecule has 26 heavy (non-hydrogen) atoms. The van der Waals surface area contributed by atoms with Gasteiger partial charge < -0.3 is 20.6 Å². The molecule has 2 aromatic rings. The fourth-order valence-electron chi connectivity index (χ4n) is 3.15. The summed E-state index contributed by atoms with van der Waals surface area (Å²) < 4.78 is 0. The number of carbonyl (C=O) groups is 1. The minimum absolute atomic E-state index is 0.268. The third-order valence-corrected chi connectivity index (χ3v) is 5.00. The highest BCUT2D eigenvalue weighted by Crippen LogP contribution is 2.23. The number of hydrogen-bond acceptors (Lipinski definition) is 3. The third kappa shape index (κ3) is 4.84. The fraction of sp³-hybridized carbons (Fsp3) is 0.381. The summed E-state index contributed by atoms with van der Waals surface area (Å²) in [5.41, 5.74) is 3.30. The van der Waals surface area contributed by atoms with Crippen molar-refractivity contribution in [3.63, 3.8) is 0 Å². The van der Waals surface area contributed by atoms with E-state index in [2.05, 4.69) is 46.7 Å². The molecule has 1 heterocycles. The minimum Gasteiger partial charge on any atom is -0.388 e. The predicted octanol–water partition coefficient (Wildman–Crippen LogP) is 3.24. The molecule has 0 saturated carbocycles. The molecule has 1 aliphatic rings. The molecule has 1 aliphatic heterocycles. The number of benzene rings is 2. The summed E-state index contributed by atoms with van der Waals surface area (Å²) in [6, 6.07) is 15.8. The molecule has 1 fully saturated rings. The van der Waals surface area contributed by atoms with Gasteiger partial charge in [0, 0.05) is 25.3 Å². The van der Waals surface area contributed by atoms with Crippen LogP contribution in [0, 0.1) is 6.92 Å². The van der Waals surface area contributed by atoms with E-state index >= 15 is 0 Å². The SMILES string of the molecule is Cc1ccc(-c2cccc(NC(=O)NCC3(O)CCN(C)CC3)c2)cc1. The number of carbonyl (C=O) groups excluding carboxylic acids is 1. The van der Waals surface area contributed by atoms with Gasteiger partial charge in [0.05, 0.1) is 5.60 Å². The lowest BCUT2D eigenvalue weighted by molar-refractivity contribution is -0.0120. The fourth-order valence-corrected chi connectivity index (χ4v) is 3.15. The Kier molecular flexibility index (Phi) is 5.59. The number of likely N-dealkylation sites (tertiary alicyclic amines) is 1. The smallest absolute Gasteiger partial charge is 0.319 e. The monoisotopic (exact) mass is 353 g/mol. The Morgan fingerprint density at radius 2 is 1.81 bits per heavy atom. The summed E-state index contributed by atoms with van der Waals surface area (Å²) in [4.78, 5) is 14.4. The van der Waals surface area contributed by atoms with Gasteiger partial charge in [-0.3, -0.25) is 0 Å². The first-order valence-corrected chi connectivity index (χ1v) is 9.06. The summed E-state index contributed by atoms with van der Waals surface area (Å²) in [6.07, 6.45) is 1.35. The molecule has 1 saturated heterocycles. The Hall–Kier alpha value is -2.37. The molecule has 2 amide bonds. The van der Waals surface area contributed by atoms with Gasteiger partial charge >= 0.3 is 6.03 Å². The van der Waals surface area contributed by atoms with Crippen LogP contribution in [-0.4, -0.2) is 48.3 Å². The van der Waals surface area contributed by atoms with E-state index in [0.717, 1.165) is 29.9 Å². The topological polar surface area (TPSA) is 64.6 Å². The average molecular weight is 353 g/mol. The van der Waals surface area contributed by atoms with Gasteiger partial charge in [-0.1, -0.05) is 42.0 Å². The van der Waals surface area contributed by atoms with Crippen LogP contribution in [0.15, 0.2) is 48.5 Å². The summed E-state index contributed by atoms with van der Waals surface area (Å²) >= 11 is 0. The number of amides is 2. The first-order valence-electron chi connectivity index (χ1n) is 9.06. The van der Waals surface area contributed by atoms with Gasteiger partial charge in [0.2, 0.25) is 0 Å². The van der Waals surface area contributed by atoms with Crippen molar-refractivity contribution in [3.05, 3.63) is 54.1 Å². The molecule has 5 heteroatoms. The van der Waals surface area contributed by atoms with Crippen LogP contribution in [-0.2, 0) is 0 Å². The Bertz CT molecular complexity index is 750. The number of piperidine rings is 1. The van der Waals surface area contributed by atoms with Crippen LogP contribution in [0.25, 0.3) is 11.1 Å². The van der Waals surface area contributed by atoms with Crippen molar-refractivity contribution in [2.24, 2.45) is 0 Å². The lowest BCUT2D eigenvalue weighted by Gasteiger charge is -2.36. The highest BCUT2D eigenvalue weighted by molar-refractivity contribution is 5.90. The van der Waals surface area contributed by atoms with Crippen LogP contribution >= 0.6 is 0 Å². The molecular weight excluding hydrogens is 326 g/mol. The van der Waals surface area contributed by atoms with E-state index in [1.807, 2.05) is 31.3 Å². The number of aryl methyl sites for hydroxylation is 1. The van der Waals surface area contributed by atoms with E-state index in [4.69, 9.17) is 0 Å². The standard InChI is InChI=1S/C21H27N3O2/c1-16-6-8-17(9-7-16)18-4-3-5-19(14-18)23-20(25)22-15-21(26)10-12-24(2)13-11-21/h3-9,14,26H,10-13,15H2,1-2H3,(H2,22,23,25). The van der Waals surface area contributed by atoms with Gasteiger partial charge in [0.15, 0.2) is 0 Å². The number of urea groups is 1. The van der Waals surface area contributed by atoms with E-state index in [1.54, 1.807) is 0 Å². The molecule has 3 N–H and O–H groups in total. The molecule has 0 unspecified atom stereocenters. The normalized spacial score (nSPS) is 16.9. The van der Waals surface area contributed by atoms with E-state index in [-0.39, 0.29) is 12.6 Å². The average Bonchev–Trinajstić information content (AvgIpc) is 2.64. The van der Waals surface area contributed by atoms with Gasteiger partial charge in [-0.15, -0.1) is 0 Å². The van der Waals surface area contributed by atoms with Crippen LogP contribution in [0.3, 0.4) is 0 Å².